The first kappa shape index (κ1) is 13.1. The summed E-state index contributed by atoms with van der Waals surface area (Å²) in [4.78, 5) is 0. The average molecular weight is 247 g/mol. The quantitative estimate of drug-likeness (QED) is 0.825. The summed E-state index contributed by atoms with van der Waals surface area (Å²) in [5, 5.41) is 14.0. The van der Waals surface area contributed by atoms with Gasteiger partial charge in [0.05, 0.1) is 35.5 Å². The highest BCUT2D eigenvalue weighted by molar-refractivity contribution is 5.27. The third-order valence-corrected chi connectivity index (χ3v) is 3.52. The van der Waals surface area contributed by atoms with Crippen LogP contribution in [-0.2, 0) is 10.2 Å². The van der Waals surface area contributed by atoms with E-state index in [0.29, 0.717) is 12.5 Å². The lowest BCUT2D eigenvalue weighted by molar-refractivity contribution is 0.183. The van der Waals surface area contributed by atoms with Crippen LogP contribution in [0.3, 0.4) is 0 Å². The van der Waals surface area contributed by atoms with Crippen LogP contribution in [-0.4, -0.2) is 23.0 Å². The lowest BCUT2D eigenvalue weighted by atomic mass is 9.90. The van der Waals surface area contributed by atoms with Gasteiger partial charge >= 0.3 is 0 Å². The number of hydrogen-bond acceptors (Lipinski definition) is 3. The van der Waals surface area contributed by atoms with E-state index >= 15 is 0 Å². The normalized spacial score (nSPS) is 20.3. The monoisotopic (exact) mass is 247 g/mol. The van der Waals surface area contributed by atoms with Crippen LogP contribution < -0.4 is 0 Å². The zero-order valence-electron chi connectivity index (χ0n) is 11.6. The predicted octanol–water partition coefficient (Wildman–Crippen LogP) is 2.77. The van der Waals surface area contributed by atoms with Gasteiger partial charge in [0, 0.05) is 6.61 Å². The van der Waals surface area contributed by atoms with Crippen LogP contribution in [0.1, 0.15) is 57.5 Å². The molecule has 1 aliphatic rings. The van der Waals surface area contributed by atoms with Gasteiger partial charge in [-0.1, -0.05) is 13.8 Å². The molecular weight excluding hydrogens is 226 g/mol. The summed E-state index contributed by atoms with van der Waals surface area (Å²) in [6.07, 6.45) is 0.980. The fourth-order valence-corrected chi connectivity index (χ4v) is 2.21. The molecule has 1 unspecified atom stereocenters. The Morgan fingerprint density at radius 3 is 2.78 bits per heavy atom. The Balaban J connectivity index is 2.46. The molecule has 0 radical (unpaired) electrons. The molecule has 1 atom stereocenters. The number of nitrogens with zero attached hydrogens (tertiary/aromatic N) is 3. The van der Waals surface area contributed by atoms with Crippen molar-refractivity contribution in [3.05, 3.63) is 17.5 Å². The molecule has 0 aromatic carbocycles. The zero-order chi connectivity index (χ0) is 13.3. The standard InChI is InChI=1S/C14H21N3O/c1-10(2)12-7-13(14(3,4)9-15)17(16-12)11-5-6-18-8-11/h7,10-11H,5-6,8H2,1-4H3. The Morgan fingerprint density at radius 2 is 2.28 bits per heavy atom. The molecule has 1 aromatic rings. The maximum atomic E-state index is 9.34. The van der Waals surface area contributed by atoms with Crippen molar-refractivity contribution >= 4 is 0 Å². The number of ether oxygens (including phenoxy) is 1. The molecule has 98 valence electrons. The van der Waals surface area contributed by atoms with E-state index in [-0.39, 0.29) is 6.04 Å². The largest absolute Gasteiger partial charge is 0.379 e. The van der Waals surface area contributed by atoms with Crippen molar-refractivity contribution < 1.29 is 4.74 Å². The van der Waals surface area contributed by atoms with E-state index < -0.39 is 5.41 Å². The summed E-state index contributed by atoms with van der Waals surface area (Å²) in [6, 6.07) is 4.73. The van der Waals surface area contributed by atoms with E-state index in [1.807, 2.05) is 18.5 Å². The van der Waals surface area contributed by atoms with Crippen molar-refractivity contribution in [2.45, 2.75) is 51.5 Å². The summed E-state index contributed by atoms with van der Waals surface area (Å²) >= 11 is 0. The lowest BCUT2D eigenvalue weighted by Gasteiger charge is -2.20. The Hall–Kier alpha value is -1.34. The highest BCUT2D eigenvalue weighted by Crippen LogP contribution is 2.30. The van der Waals surface area contributed by atoms with Crippen molar-refractivity contribution in [3.63, 3.8) is 0 Å². The van der Waals surface area contributed by atoms with Gasteiger partial charge in [0.2, 0.25) is 0 Å². The van der Waals surface area contributed by atoms with Gasteiger partial charge in [-0.05, 0) is 32.3 Å². The predicted molar refractivity (Wildman–Crippen MR) is 69.4 cm³/mol. The van der Waals surface area contributed by atoms with Gasteiger partial charge in [0.25, 0.3) is 0 Å². The third-order valence-electron chi connectivity index (χ3n) is 3.52. The Labute approximate surface area is 109 Å². The van der Waals surface area contributed by atoms with Crippen LogP contribution in [0.4, 0.5) is 0 Å². The molecule has 1 saturated heterocycles. The van der Waals surface area contributed by atoms with E-state index in [9.17, 15) is 5.26 Å². The second kappa shape index (κ2) is 4.74. The van der Waals surface area contributed by atoms with Crippen LogP contribution in [0, 0.1) is 11.3 Å². The highest BCUT2D eigenvalue weighted by atomic mass is 16.5. The lowest BCUT2D eigenvalue weighted by Crippen LogP contribution is -2.23. The smallest absolute Gasteiger partial charge is 0.0934 e. The molecule has 2 rings (SSSR count). The van der Waals surface area contributed by atoms with E-state index in [1.54, 1.807) is 0 Å². The average Bonchev–Trinajstić information content (AvgIpc) is 2.97. The molecule has 0 bridgehead atoms. The van der Waals surface area contributed by atoms with E-state index in [4.69, 9.17) is 9.84 Å². The van der Waals surface area contributed by atoms with Gasteiger partial charge in [-0.2, -0.15) is 10.4 Å². The first-order valence-electron chi connectivity index (χ1n) is 6.54. The summed E-state index contributed by atoms with van der Waals surface area (Å²) < 4.78 is 7.46. The van der Waals surface area contributed by atoms with E-state index in [1.165, 1.54) is 0 Å². The molecule has 18 heavy (non-hydrogen) atoms. The molecule has 2 heterocycles. The van der Waals surface area contributed by atoms with Crippen molar-refractivity contribution in [1.82, 2.24) is 9.78 Å². The molecule has 0 saturated carbocycles. The molecule has 0 amide bonds. The molecule has 0 aliphatic carbocycles. The number of hydrogen-bond donors (Lipinski definition) is 0. The number of aromatic nitrogens is 2. The van der Waals surface area contributed by atoms with Crippen LogP contribution >= 0.6 is 0 Å². The van der Waals surface area contributed by atoms with Crippen molar-refractivity contribution in [2.75, 3.05) is 13.2 Å². The molecule has 1 aliphatic heterocycles. The summed E-state index contributed by atoms with van der Waals surface area (Å²) in [5.41, 5.74) is 1.55. The highest BCUT2D eigenvalue weighted by Gasteiger charge is 2.30. The van der Waals surface area contributed by atoms with Gasteiger partial charge in [0.1, 0.15) is 0 Å². The molecule has 1 fully saturated rings. The Morgan fingerprint density at radius 1 is 1.56 bits per heavy atom. The van der Waals surface area contributed by atoms with Crippen LogP contribution in [0.2, 0.25) is 0 Å². The van der Waals surface area contributed by atoms with Gasteiger partial charge in [-0.15, -0.1) is 0 Å². The first-order valence-corrected chi connectivity index (χ1v) is 6.54. The minimum absolute atomic E-state index is 0.278. The zero-order valence-corrected chi connectivity index (χ0v) is 11.6. The molecule has 4 heteroatoms. The second-order valence-corrected chi connectivity index (χ2v) is 5.81. The van der Waals surface area contributed by atoms with Crippen molar-refractivity contribution in [3.8, 4) is 6.07 Å². The molecule has 0 spiro atoms. The van der Waals surface area contributed by atoms with Crippen LogP contribution in [0.25, 0.3) is 0 Å². The fraction of sp³-hybridized carbons (Fsp3) is 0.714. The molecule has 0 N–H and O–H groups in total. The second-order valence-electron chi connectivity index (χ2n) is 5.81. The minimum Gasteiger partial charge on any atom is -0.379 e. The van der Waals surface area contributed by atoms with Gasteiger partial charge in [-0.25, -0.2) is 0 Å². The van der Waals surface area contributed by atoms with Gasteiger partial charge < -0.3 is 4.74 Å². The first-order chi connectivity index (χ1) is 8.45. The number of nitriles is 1. The topological polar surface area (TPSA) is 50.8 Å². The minimum atomic E-state index is -0.511. The summed E-state index contributed by atoms with van der Waals surface area (Å²) in [7, 11) is 0. The Kier molecular flexibility index (Phi) is 3.45. The maximum absolute atomic E-state index is 9.34. The Bertz CT molecular complexity index is 462. The third kappa shape index (κ3) is 2.28. The molecular formula is C14H21N3O. The van der Waals surface area contributed by atoms with Crippen LogP contribution in [0.15, 0.2) is 6.07 Å². The fourth-order valence-electron chi connectivity index (χ4n) is 2.21. The summed E-state index contributed by atoms with van der Waals surface area (Å²) in [5.74, 6) is 0.377. The van der Waals surface area contributed by atoms with Gasteiger partial charge in [0.15, 0.2) is 0 Å². The summed E-state index contributed by atoms with van der Waals surface area (Å²) in [6.45, 7) is 9.63. The van der Waals surface area contributed by atoms with Crippen molar-refractivity contribution in [1.29, 1.82) is 5.26 Å². The van der Waals surface area contributed by atoms with Crippen LogP contribution in [0.5, 0.6) is 0 Å². The SMILES string of the molecule is CC(C)c1cc(C(C)(C)C#N)n(C2CCOC2)n1. The number of rotatable bonds is 3. The molecule has 1 aromatic heterocycles. The van der Waals surface area contributed by atoms with E-state index in [0.717, 1.165) is 24.4 Å². The molecule has 4 nitrogen and oxygen atoms in total. The van der Waals surface area contributed by atoms with E-state index in [2.05, 4.69) is 26.0 Å². The van der Waals surface area contributed by atoms with Crippen molar-refractivity contribution in [2.24, 2.45) is 0 Å². The van der Waals surface area contributed by atoms with Gasteiger partial charge in [-0.3, -0.25) is 4.68 Å². The maximum Gasteiger partial charge on any atom is 0.0934 e.